The van der Waals surface area contributed by atoms with Crippen LogP contribution in [-0.2, 0) is 28.2 Å². The molecule has 0 radical (unpaired) electrons. The summed E-state index contributed by atoms with van der Waals surface area (Å²) in [5, 5.41) is 0. The summed E-state index contributed by atoms with van der Waals surface area (Å²) < 4.78 is 6.33. The molecule has 2 heterocycles. The average Bonchev–Trinajstić information content (AvgIpc) is 2.39. The molecule has 0 fully saturated rings. The first-order valence-electron chi connectivity index (χ1n) is 6.21. The third-order valence-electron chi connectivity index (χ3n) is 2.99. The van der Waals surface area contributed by atoms with Crippen molar-refractivity contribution in [2.24, 2.45) is 0 Å². The van der Waals surface area contributed by atoms with Crippen LogP contribution in [0, 0.1) is 0 Å². The molecule has 1 aliphatic heterocycles. The summed E-state index contributed by atoms with van der Waals surface area (Å²) in [6.45, 7) is 2.32. The van der Waals surface area contributed by atoms with Gasteiger partial charge in [0.1, 0.15) is 0 Å². The molecule has 0 unspecified atom stereocenters. The van der Waals surface area contributed by atoms with Gasteiger partial charge in [-0.2, -0.15) is 11.8 Å². The van der Waals surface area contributed by atoms with Crippen LogP contribution in [0.4, 0.5) is 0 Å². The van der Waals surface area contributed by atoms with Gasteiger partial charge in [0.25, 0.3) is 5.56 Å². The maximum absolute atomic E-state index is 11.8. The van der Waals surface area contributed by atoms with E-state index in [0.29, 0.717) is 24.3 Å². The molecule has 0 saturated carbocycles. The smallest absolute Gasteiger partial charge is 0.328 e. The second-order valence-electron chi connectivity index (χ2n) is 4.19. The Hall–Kier alpha value is -1.50. The largest absolute Gasteiger partial charge is 0.466 e. The van der Waals surface area contributed by atoms with E-state index in [2.05, 4.69) is 4.98 Å². The lowest BCUT2D eigenvalue weighted by Crippen LogP contribution is -2.37. The van der Waals surface area contributed by atoms with Gasteiger partial charge in [-0.3, -0.25) is 19.1 Å². The van der Waals surface area contributed by atoms with Crippen LogP contribution >= 0.6 is 11.8 Å². The van der Waals surface area contributed by atoms with Crippen molar-refractivity contribution >= 4 is 17.7 Å². The lowest BCUT2D eigenvalue weighted by atomic mass is 10.2. The highest BCUT2D eigenvalue weighted by molar-refractivity contribution is 7.98. The maximum Gasteiger partial charge on any atom is 0.328 e. The number of carbonyl (C=O) groups is 1. The van der Waals surface area contributed by atoms with Crippen molar-refractivity contribution in [3.05, 3.63) is 32.1 Å². The zero-order valence-electron chi connectivity index (χ0n) is 10.7. The molecule has 1 aromatic heterocycles. The maximum atomic E-state index is 11.8. The number of ether oxygens (including phenoxy) is 1. The van der Waals surface area contributed by atoms with Crippen LogP contribution in [-0.4, -0.2) is 27.9 Å². The lowest BCUT2D eigenvalue weighted by Gasteiger charge is -2.19. The highest BCUT2D eigenvalue weighted by atomic mass is 32.2. The quantitative estimate of drug-likeness (QED) is 0.803. The minimum atomic E-state index is -0.444. The normalized spacial score (nSPS) is 13.9. The van der Waals surface area contributed by atoms with Gasteiger partial charge in [-0.25, -0.2) is 4.79 Å². The van der Waals surface area contributed by atoms with E-state index in [1.807, 2.05) is 0 Å². The van der Waals surface area contributed by atoms with E-state index >= 15 is 0 Å². The fourth-order valence-corrected chi connectivity index (χ4v) is 3.09. The molecule has 1 aliphatic rings. The van der Waals surface area contributed by atoms with E-state index in [-0.39, 0.29) is 24.5 Å². The average molecular weight is 284 g/mol. The number of esters is 1. The molecule has 0 aromatic carbocycles. The minimum absolute atomic E-state index is 0.138. The van der Waals surface area contributed by atoms with E-state index in [1.165, 1.54) is 4.57 Å². The van der Waals surface area contributed by atoms with Crippen LogP contribution < -0.4 is 11.2 Å². The highest BCUT2D eigenvalue weighted by Crippen LogP contribution is 2.20. The zero-order valence-corrected chi connectivity index (χ0v) is 11.5. The summed E-state index contributed by atoms with van der Waals surface area (Å²) >= 11 is 1.67. The molecule has 0 atom stereocenters. The van der Waals surface area contributed by atoms with E-state index in [0.717, 1.165) is 11.4 Å². The molecule has 0 amide bonds. The van der Waals surface area contributed by atoms with Crippen molar-refractivity contribution in [2.45, 2.75) is 32.1 Å². The molecule has 7 heteroatoms. The molecular formula is C12H16N2O4S. The Bertz CT molecular complexity index is 590. The fraction of sp³-hybridized carbons (Fsp3) is 0.583. The number of rotatable bonds is 4. The number of carbonyl (C=O) groups excluding carboxylic acids is 1. The predicted octanol–water partition coefficient (Wildman–Crippen LogP) is 0.279. The molecule has 6 nitrogen and oxygen atoms in total. The van der Waals surface area contributed by atoms with Crippen LogP contribution in [0.15, 0.2) is 9.59 Å². The second kappa shape index (κ2) is 6.10. The summed E-state index contributed by atoms with van der Waals surface area (Å²) in [4.78, 5) is 37.2. The number of hydrogen-bond donors (Lipinski definition) is 1. The van der Waals surface area contributed by atoms with Crippen LogP contribution in [0.25, 0.3) is 0 Å². The summed E-state index contributed by atoms with van der Waals surface area (Å²) in [7, 11) is 0. The molecule has 0 spiro atoms. The molecule has 1 aromatic rings. The first-order valence-corrected chi connectivity index (χ1v) is 7.37. The summed E-state index contributed by atoms with van der Waals surface area (Å²) in [6.07, 6.45) is 0.821. The first-order chi connectivity index (χ1) is 9.13. The second-order valence-corrected chi connectivity index (χ2v) is 5.30. The number of aromatic amines is 1. The van der Waals surface area contributed by atoms with Crippen molar-refractivity contribution < 1.29 is 9.53 Å². The van der Waals surface area contributed by atoms with Crippen molar-refractivity contribution in [3.63, 3.8) is 0 Å². The number of fused-ring (bicyclic) bond motifs is 1. The SMILES string of the molecule is CCOC(=O)CCn1c2c(c(=O)[nH]c1=O)CSCC2. The Morgan fingerprint density at radius 3 is 3.00 bits per heavy atom. The van der Waals surface area contributed by atoms with Crippen LogP contribution in [0.1, 0.15) is 24.6 Å². The molecule has 104 valence electrons. The van der Waals surface area contributed by atoms with Gasteiger partial charge in [-0.15, -0.1) is 0 Å². The Kier molecular flexibility index (Phi) is 4.47. The highest BCUT2D eigenvalue weighted by Gasteiger charge is 2.18. The van der Waals surface area contributed by atoms with Crippen molar-refractivity contribution in [3.8, 4) is 0 Å². The Morgan fingerprint density at radius 2 is 2.26 bits per heavy atom. The summed E-state index contributed by atoms with van der Waals surface area (Å²) in [5.41, 5.74) is 0.663. The molecular weight excluding hydrogens is 268 g/mol. The van der Waals surface area contributed by atoms with Crippen LogP contribution in [0.2, 0.25) is 0 Å². The molecule has 1 N–H and O–H groups in total. The van der Waals surface area contributed by atoms with Crippen molar-refractivity contribution in [2.75, 3.05) is 12.4 Å². The van der Waals surface area contributed by atoms with E-state index in [1.54, 1.807) is 18.7 Å². The van der Waals surface area contributed by atoms with Gasteiger partial charge >= 0.3 is 11.7 Å². The number of H-pyrrole nitrogens is 1. The van der Waals surface area contributed by atoms with Crippen LogP contribution in [0.3, 0.4) is 0 Å². The number of thioether (sulfide) groups is 1. The predicted molar refractivity (Wildman–Crippen MR) is 72.4 cm³/mol. The fourth-order valence-electron chi connectivity index (χ4n) is 2.11. The number of hydrogen-bond acceptors (Lipinski definition) is 5. The van der Waals surface area contributed by atoms with E-state index in [9.17, 15) is 14.4 Å². The van der Waals surface area contributed by atoms with Crippen LogP contribution in [0.5, 0.6) is 0 Å². The Morgan fingerprint density at radius 1 is 1.47 bits per heavy atom. The third kappa shape index (κ3) is 3.09. The molecule has 0 saturated heterocycles. The van der Waals surface area contributed by atoms with Gasteiger partial charge in [0.2, 0.25) is 0 Å². The molecule has 0 bridgehead atoms. The third-order valence-corrected chi connectivity index (χ3v) is 3.97. The zero-order chi connectivity index (χ0) is 13.8. The summed E-state index contributed by atoms with van der Waals surface area (Å²) in [6, 6.07) is 0. The number of aromatic nitrogens is 2. The number of nitrogens with zero attached hydrogens (tertiary/aromatic N) is 1. The first kappa shape index (κ1) is 13.9. The number of nitrogens with one attached hydrogen (secondary N) is 1. The Balaban J connectivity index is 2.27. The molecule has 19 heavy (non-hydrogen) atoms. The van der Waals surface area contributed by atoms with E-state index < -0.39 is 5.69 Å². The van der Waals surface area contributed by atoms with Gasteiger partial charge in [0.15, 0.2) is 0 Å². The topological polar surface area (TPSA) is 81.2 Å². The molecule has 0 aliphatic carbocycles. The summed E-state index contributed by atoms with van der Waals surface area (Å²) in [5.74, 6) is 1.17. The van der Waals surface area contributed by atoms with E-state index in [4.69, 9.17) is 4.74 Å². The lowest BCUT2D eigenvalue weighted by molar-refractivity contribution is -0.143. The monoisotopic (exact) mass is 284 g/mol. The van der Waals surface area contributed by atoms with Crippen molar-refractivity contribution in [1.29, 1.82) is 0 Å². The molecule has 2 rings (SSSR count). The Labute approximate surface area is 114 Å². The van der Waals surface area contributed by atoms with Gasteiger partial charge in [0.05, 0.1) is 13.0 Å². The van der Waals surface area contributed by atoms with Gasteiger partial charge in [-0.05, 0) is 19.1 Å². The van der Waals surface area contributed by atoms with Crippen molar-refractivity contribution in [1.82, 2.24) is 9.55 Å². The van der Waals surface area contributed by atoms with Gasteiger partial charge in [0, 0.05) is 23.6 Å². The van der Waals surface area contributed by atoms with Gasteiger partial charge < -0.3 is 4.74 Å². The van der Waals surface area contributed by atoms with Gasteiger partial charge in [-0.1, -0.05) is 0 Å². The standard InChI is InChI=1S/C12H16N2O4S/c1-2-18-10(15)3-5-14-9-4-6-19-7-8(9)11(16)13-12(14)17/h2-7H2,1H3,(H,13,16,17). The minimum Gasteiger partial charge on any atom is -0.466 e.